The van der Waals surface area contributed by atoms with Crippen LogP contribution in [0.5, 0.6) is 0 Å². The molecule has 0 bridgehead atoms. The molecular formula is C11H16. The molecule has 0 radical (unpaired) electrons. The molecule has 11 heavy (non-hydrogen) atoms. The first-order valence-corrected chi connectivity index (χ1v) is 4.13. The van der Waals surface area contributed by atoms with Crippen molar-refractivity contribution >= 4 is 0 Å². The third-order valence-electron chi connectivity index (χ3n) is 2.23. The van der Waals surface area contributed by atoms with Crippen LogP contribution in [0.15, 0.2) is 36.0 Å². The van der Waals surface area contributed by atoms with E-state index >= 15 is 0 Å². The molecule has 2 unspecified atom stereocenters. The van der Waals surface area contributed by atoms with Gasteiger partial charge in [-0.2, -0.15) is 0 Å². The monoisotopic (exact) mass is 148 g/mol. The molecule has 0 aromatic carbocycles. The summed E-state index contributed by atoms with van der Waals surface area (Å²) in [5, 5.41) is 0. The van der Waals surface area contributed by atoms with E-state index in [2.05, 4.69) is 45.6 Å². The van der Waals surface area contributed by atoms with Gasteiger partial charge in [-0.25, -0.2) is 0 Å². The smallest absolute Gasteiger partial charge is 0.00349 e. The van der Waals surface area contributed by atoms with Gasteiger partial charge in [-0.05, 0) is 19.8 Å². The summed E-state index contributed by atoms with van der Waals surface area (Å²) >= 11 is 0. The summed E-state index contributed by atoms with van der Waals surface area (Å²) in [6, 6.07) is 0. The van der Waals surface area contributed by atoms with E-state index in [0.29, 0.717) is 11.8 Å². The van der Waals surface area contributed by atoms with Crippen LogP contribution < -0.4 is 0 Å². The van der Waals surface area contributed by atoms with Crippen molar-refractivity contribution in [1.29, 1.82) is 0 Å². The fourth-order valence-corrected chi connectivity index (χ4v) is 1.62. The maximum absolute atomic E-state index is 3.97. The highest BCUT2D eigenvalue weighted by Crippen LogP contribution is 2.27. The Kier molecular flexibility index (Phi) is 2.33. The average Bonchev–Trinajstić information content (AvgIpc) is 1.85. The molecule has 2 atom stereocenters. The molecular weight excluding hydrogens is 132 g/mol. The van der Waals surface area contributed by atoms with Crippen LogP contribution in [-0.4, -0.2) is 0 Å². The van der Waals surface area contributed by atoms with E-state index in [0.717, 1.165) is 0 Å². The minimum Gasteiger partial charge on any atom is -0.0995 e. The van der Waals surface area contributed by atoms with Crippen molar-refractivity contribution in [1.82, 2.24) is 0 Å². The van der Waals surface area contributed by atoms with Crippen LogP contribution in [0, 0.1) is 11.8 Å². The zero-order chi connectivity index (χ0) is 8.43. The zero-order valence-electron chi connectivity index (χ0n) is 7.59. The van der Waals surface area contributed by atoms with Gasteiger partial charge in [-0.3, -0.25) is 0 Å². The highest BCUT2D eigenvalue weighted by molar-refractivity contribution is 5.27. The standard InChI is InChI=1S/C11H16/c1-8(2)11-6-5-9(3)7-10(11)4/h5-7,10-11H,1H2,2-4H3. The molecule has 1 rings (SSSR count). The van der Waals surface area contributed by atoms with Crippen molar-refractivity contribution in [3.8, 4) is 0 Å². The van der Waals surface area contributed by atoms with Gasteiger partial charge in [0.15, 0.2) is 0 Å². The summed E-state index contributed by atoms with van der Waals surface area (Å²) in [7, 11) is 0. The van der Waals surface area contributed by atoms with Crippen LogP contribution in [0.2, 0.25) is 0 Å². The van der Waals surface area contributed by atoms with Crippen molar-refractivity contribution in [2.75, 3.05) is 0 Å². The first kappa shape index (κ1) is 8.32. The highest BCUT2D eigenvalue weighted by atomic mass is 14.2. The molecule has 0 spiro atoms. The molecule has 0 heterocycles. The van der Waals surface area contributed by atoms with Gasteiger partial charge >= 0.3 is 0 Å². The molecule has 0 N–H and O–H groups in total. The molecule has 0 amide bonds. The Hall–Kier alpha value is -0.780. The molecule has 1 aliphatic rings. The van der Waals surface area contributed by atoms with Crippen molar-refractivity contribution in [3.05, 3.63) is 36.0 Å². The Morgan fingerprint density at radius 2 is 2.18 bits per heavy atom. The second-order valence-electron chi connectivity index (χ2n) is 3.50. The van der Waals surface area contributed by atoms with Crippen molar-refractivity contribution in [3.63, 3.8) is 0 Å². The lowest BCUT2D eigenvalue weighted by Gasteiger charge is -2.22. The topological polar surface area (TPSA) is 0 Å². The quantitative estimate of drug-likeness (QED) is 0.500. The normalized spacial score (nSPS) is 29.9. The lowest BCUT2D eigenvalue weighted by Crippen LogP contribution is -2.10. The molecule has 0 nitrogen and oxygen atoms in total. The van der Waals surface area contributed by atoms with E-state index in [4.69, 9.17) is 0 Å². The van der Waals surface area contributed by atoms with Crippen LogP contribution in [0.25, 0.3) is 0 Å². The fourth-order valence-electron chi connectivity index (χ4n) is 1.62. The summed E-state index contributed by atoms with van der Waals surface area (Å²) in [5.74, 6) is 1.18. The van der Waals surface area contributed by atoms with Gasteiger partial charge in [0.05, 0.1) is 0 Å². The average molecular weight is 148 g/mol. The third-order valence-corrected chi connectivity index (χ3v) is 2.23. The highest BCUT2D eigenvalue weighted by Gasteiger charge is 2.15. The van der Waals surface area contributed by atoms with Gasteiger partial charge in [0.25, 0.3) is 0 Å². The molecule has 0 aromatic heterocycles. The molecule has 0 saturated carbocycles. The number of hydrogen-bond acceptors (Lipinski definition) is 0. The second-order valence-corrected chi connectivity index (χ2v) is 3.50. The lowest BCUT2D eigenvalue weighted by atomic mass is 9.83. The minimum atomic E-state index is 0.554. The van der Waals surface area contributed by atoms with Crippen molar-refractivity contribution in [2.45, 2.75) is 20.8 Å². The van der Waals surface area contributed by atoms with Crippen molar-refractivity contribution < 1.29 is 0 Å². The summed E-state index contributed by atoms with van der Waals surface area (Å²) < 4.78 is 0. The maximum atomic E-state index is 3.97. The zero-order valence-corrected chi connectivity index (χ0v) is 7.59. The molecule has 0 saturated heterocycles. The number of allylic oxidation sites excluding steroid dienone is 5. The molecule has 0 heteroatoms. The molecule has 60 valence electrons. The van der Waals surface area contributed by atoms with E-state index in [-0.39, 0.29) is 0 Å². The fraction of sp³-hybridized carbons (Fsp3) is 0.455. The van der Waals surface area contributed by atoms with Crippen LogP contribution >= 0.6 is 0 Å². The van der Waals surface area contributed by atoms with Crippen molar-refractivity contribution in [2.24, 2.45) is 11.8 Å². The largest absolute Gasteiger partial charge is 0.0995 e. The molecule has 0 fully saturated rings. The van der Waals surface area contributed by atoms with Crippen LogP contribution in [0.4, 0.5) is 0 Å². The lowest BCUT2D eigenvalue weighted by molar-refractivity contribution is 0.574. The van der Waals surface area contributed by atoms with Gasteiger partial charge in [0, 0.05) is 5.92 Å². The summed E-state index contributed by atoms with van der Waals surface area (Å²) in [6.07, 6.45) is 6.74. The van der Waals surface area contributed by atoms with E-state index in [1.807, 2.05) is 0 Å². The number of rotatable bonds is 1. The van der Waals surface area contributed by atoms with Gasteiger partial charge in [0.1, 0.15) is 0 Å². The Labute approximate surface area is 69.3 Å². The van der Waals surface area contributed by atoms with Crippen LogP contribution in [0.1, 0.15) is 20.8 Å². The van der Waals surface area contributed by atoms with E-state index in [1.54, 1.807) is 0 Å². The van der Waals surface area contributed by atoms with Crippen LogP contribution in [0.3, 0.4) is 0 Å². The Balaban J connectivity index is 2.77. The SMILES string of the molecule is C=C(C)C1C=CC(C)=CC1C. The van der Waals surface area contributed by atoms with E-state index < -0.39 is 0 Å². The first-order chi connectivity index (χ1) is 5.11. The van der Waals surface area contributed by atoms with Gasteiger partial charge in [0.2, 0.25) is 0 Å². The summed E-state index contributed by atoms with van der Waals surface area (Å²) in [4.78, 5) is 0. The first-order valence-electron chi connectivity index (χ1n) is 4.13. The predicted octanol–water partition coefficient (Wildman–Crippen LogP) is 3.33. The summed E-state index contributed by atoms with van der Waals surface area (Å²) in [5.41, 5.74) is 2.63. The number of hydrogen-bond donors (Lipinski definition) is 0. The third kappa shape index (κ3) is 1.83. The molecule has 0 aliphatic heterocycles. The molecule has 0 aromatic rings. The Bertz CT molecular complexity index is 218. The van der Waals surface area contributed by atoms with Gasteiger partial charge < -0.3 is 0 Å². The van der Waals surface area contributed by atoms with E-state index in [9.17, 15) is 0 Å². The van der Waals surface area contributed by atoms with Gasteiger partial charge in [-0.15, -0.1) is 0 Å². The Morgan fingerprint density at radius 1 is 1.55 bits per heavy atom. The van der Waals surface area contributed by atoms with Gasteiger partial charge in [-0.1, -0.05) is 42.9 Å². The predicted molar refractivity (Wildman–Crippen MR) is 50.4 cm³/mol. The molecule has 1 aliphatic carbocycles. The van der Waals surface area contributed by atoms with Crippen LogP contribution in [-0.2, 0) is 0 Å². The Morgan fingerprint density at radius 3 is 2.64 bits per heavy atom. The minimum absolute atomic E-state index is 0.554. The second kappa shape index (κ2) is 3.08. The van der Waals surface area contributed by atoms with E-state index in [1.165, 1.54) is 11.1 Å². The maximum Gasteiger partial charge on any atom is 0.00349 e. The summed E-state index contributed by atoms with van der Waals surface area (Å²) in [6.45, 7) is 10.5.